The molecule has 2 heterocycles. The Morgan fingerprint density at radius 1 is 0.875 bits per heavy atom. The summed E-state index contributed by atoms with van der Waals surface area (Å²) in [6.07, 6.45) is 1.67. The van der Waals surface area contributed by atoms with Crippen LogP contribution < -0.4 is 15.1 Å². The minimum absolute atomic E-state index is 0.386. The van der Waals surface area contributed by atoms with Crippen molar-refractivity contribution in [2.75, 3.05) is 14.2 Å². The van der Waals surface area contributed by atoms with Gasteiger partial charge >= 0.3 is 5.63 Å². The lowest BCUT2D eigenvalue weighted by Gasteiger charge is -2.09. The average Bonchev–Trinajstić information content (AvgIpc) is 3.01. The van der Waals surface area contributed by atoms with Crippen molar-refractivity contribution >= 4 is 21.9 Å². The fraction of sp³-hybridized carbons (Fsp3) is 0.105. The van der Waals surface area contributed by atoms with Crippen LogP contribution in [0.1, 0.15) is 0 Å². The van der Waals surface area contributed by atoms with E-state index in [1.807, 2.05) is 24.3 Å². The van der Waals surface area contributed by atoms with E-state index in [1.165, 1.54) is 6.07 Å². The van der Waals surface area contributed by atoms with Crippen molar-refractivity contribution in [3.63, 3.8) is 0 Å². The Labute approximate surface area is 137 Å². The third kappa shape index (κ3) is 2.22. The lowest BCUT2D eigenvalue weighted by molar-refractivity contribution is 0.404. The molecule has 0 unspecified atom stereocenters. The van der Waals surface area contributed by atoms with Gasteiger partial charge in [-0.05, 0) is 30.3 Å². The van der Waals surface area contributed by atoms with E-state index < -0.39 is 0 Å². The summed E-state index contributed by atoms with van der Waals surface area (Å²) in [5.41, 5.74) is 2.49. The van der Waals surface area contributed by atoms with Gasteiger partial charge in [0.15, 0.2) is 0 Å². The van der Waals surface area contributed by atoms with Crippen LogP contribution in [0.3, 0.4) is 0 Å². The fourth-order valence-electron chi connectivity index (χ4n) is 2.82. The molecule has 4 rings (SSSR count). The highest BCUT2D eigenvalue weighted by molar-refractivity contribution is 6.02. The van der Waals surface area contributed by atoms with Crippen LogP contribution in [-0.4, -0.2) is 14.2 Å². The minimum Gasteiger partial charge on any atom is -0.497 e. The molecular formula is C19H14O5. The summed E-state index contributed by atoms with van der Waals surface area (Å²) in [6.45, 7) is 0. The van der Waals surface area contributed by atoms with Crippen LogP contribution in [0.4, 0.5) is 0 Å². The number of ether oxygens (including phenoxy) is 2. The summed E-state index contributed by atoms with van der Waals surface area (Å²) in [6, 6.07) is 12.4. The monoisotopic (exact) mass is 322 g/mol. The number of fused-ring (bicyclic) bond motifs is 2. The van der Waals surface area contributed by atoms with Crippen LogP contribution in [0.2, 0.25) is 0 Å². The smallest absolute Gasteiger partial charge is 0.336 e. The van der Waals surface area contributed by atoms with Crippen LogP contribution in [0, 0.1) is 0 Å². The highest BCUT2D eigenvalue weighted by Gasteiger charge is 2.15. The topological polar surface area (TPSA) is 61.8 Å². The van der Waals surface area contributed by atoms with Gasteiger partial charge in [-0.25, -0.2) is 4.79 Å². The van der Waals surface area contributed by atoms with E-state index in [1.54, 1.807) is 32.6 Å². The molecule has 2 aromatic carbocycles. The molecule has 0 bridgehead atoms. The summed E-state index contributed by atoms with van der Waals surface area (Å²) >= 11 is 0. The SMILES string of the molecule is COc1ccc(OC)c(-c2coc3cc4oc(=O)ccc4cc23)c1. The van der Waals surface area contributed by atoms with E-state index in [2.05, 4.69) is 0 Å². The van der Waals surface area contributed by atoms with E-state index in [9.17, 15) is 4.79 Å². The van der Waals surface area contributed by atoms with Crippen molar-refractivity contribution in [3.05, 3.63) is 59.1 Å². The van der Waals surface area contributed by atoms with Crippen LogP contribution in [0.5, 0.6) is 11.5 Å². The Morgan fingerprint density at radius 2 is 1.75 bits per heavy atom. The average molecular weight is 322 g/mol. The molecule has 4 aromatic rings. The molecule has 0 fully saturated rings. The number of furan rings is 1. The molecule has 0 amide bonds. The van der Waals surface area contributed by atoms with Crippen molar-refractivity contribution in [1.29, 1.82) is 0 Å². The summed E-state index contributed by atoms with van der Waals surface area (Å²) in [4.78, 5) is 11.4. The molecule has 0 N–H and O–H groups in total. The first-order valence-electron chi connectivity index (χ1n) is 7.37. The number of rotatable bonds is 3. The second-order valence-corrected chi connectivity index (χ2v) is 5.36. The Hall–Kier alpha value is -3.21. The number of benzene rings is 2. The highest BCUT2D eigenvalue weighted by Crippen LogP contribution is 2.39. The predicted molar refractivity (Wildman–Crippen MR) is 90.8 cm³/mol. The van der Waals surface area contributed by atoms with Crippen LogP contribution in [0.25, 0.3) is 33.1 Å². The van der Waals surface area contributed by atoms with Gasteiger partial charge in [-0.3, -0.25) is 0 Å². The van der Waals surface area contributed by atoms with Crippen molar-refractivity contribution in [2.24, 2.45) is 0 Å². The molecule has 2 aromatic heterocycles. The summed E-state index contributed by atoms with van der Waals surface area (Å²) in [5, 5.41) is 1.73. The largest absolute Gasteiger partial charge is 0.497 e. The van der Waals surface area contributed by atoms with Crippen molar-refractivity contribution in [3.8, 4) is 22.6 Å². The lowest BCUT2D eigenvalue weighted by Crippen LogP contribution is -1.94. The zero-order valence-electron chi connectivity index (χ0n) is 13.2. The molecule has 0 aliphatic rings. The molecule has 5 nitrogen and oxygen atoms in total. The zero-order chi connectivity index (χ0) is 16.7. The fourth-order valence-corrected chi connectivity index (χ4v) is 2.82. The maximum Gasteiger partial charge on any atom is 0.336 e. The first-order valence-corrected chi connectivity index (χ1v) is 7.37. The molecule has 24 heavy (non-hydrogen) atoms. The van der Waals surface area contributed by atoms with Gasteiger partial charge in [-0.15, -0.1) is 0 Å². The molecule has 0 aliphatic heterocycles. The van der Waals surface area contributed by atoms with Gasteiger partial charge in [-0.1, -0.05) is 0 Å². The van der Waals surface area contributed by atoms with Crippen LogP contribution in [0.15, 0.2) is 62.4 Å². The van der Waals surface area contributed by atoms with Crippen LogP contribution >= 0.6 is 0 Å². The molecule has 120 valence electrons. The minimum atomic E-state index is -0.386. The van der Waals surface area contributed by atoms with Gasteiger partial charge in [0.2, 0.25) is 0 Å². The van der Waals surface area contributed by atoms with Gasteiger partial charge in [0.25, 0.3) is 0 Å². The van der Waals surface area contributed by atoms with Crippen molar-refractivity contribution in [1.82, 2.24) is 0 Å². The van der Waals surface area contributed by atoms with Crippen molar-refractivity contribution in [2.45, 2.75) is 0 Å². The highest BCUT2D eigenvalue weighted by atomic mass is 16.5. The van der Waals surface area contributed by atoms with E-state index in [4.69, 9.17) is 18.3 Å². The molecule has 0 spiro atoms. The predicted octanol–water partition coefficient (Wildman–Crippen LogP) is 4.22. The normalized spacial score (nSPS) is 11.1. The van der Waals surface area contributed by atoms with Gasteiger partial charge in [0.05, 0.1) is 20.5 Å². The zero-order valence-corrected chi connectivity index (χ0v) is 13.2. The van der Waals surface area contributed by atoms with E-state index in [-0.39, 0.29) is 5.63 Å². The molecule has 0 aliphatic carbocycles. The maximum absolute atomic E-state index is 11.4. The van der Waals surface area contributed by atoms with E-state index >= 15 is 0 Å². The summed E-state index contributed by atoms with van der Waals surface area (Å²) in [7, 11) is 3.24. The number of methoxy groups -OCH3 is 2. The van der Waals surface area contributed by atoms with E-state index in [0.29, 0.717) is 11.2 Å². The second-order valence-electron chi connectivity index (χ2n) is 5.36. The third-order valence-corrected chi connectivity index (χ3v) is 4.01. The first kappa shape index (κ1) is 14.4. The molecule has 0 saturated carbocycles. The van der Waals surface area contributed by atoms with Crippen molar-refractivity contribution < 1.29 is 18.3 Å². The molecular weight excluding hydrogens is 308 g/mol. The third-order valence-electron chi connectivity index (χ3n) is 4.01. The maximum atomic E-state index is 11.4. The molecule has 0 atom stereocenters. The number of hydrogen-bond acceptors (Lipinski definition) is 5. The standard InChI is InChI=1S/C19H14O5/c1-21-12-4-5-16(22-2)14(8-12)15-10-23-18-9-17-11(7-13(15)18)3-6-19(20)24-17/h3-10H,1-2H3. The van der Waals surface area contributed by atoms with Gasteiger partial charge < -0.3 is 18.3 Å². The Morgan fingerprint density at radius 3 is 2.54 bits per heavy atom. The quantitative estimate of drug-likeness (QED) is 0.528. The number of hydrogen-bond donors (Lipinski definition) is 0. The summed E-state index contributed by atoms with van der Waals surface area (Å²) < 4.78 is 21.6. The lowest BCUT2D eigenvalue weighted by atomic mass is 10.0. The van der Waals surface area contributed by atoms with E-state index in [0.717, 1.165) is 33.4 Å². The summed E-state index contributed by atoms with van der Waals surface area (Å²) in [5.74, 6) is 1.45. The Bertz CT molecular complexity index is 1100. The van der Waals surface area contributed by atoms with Gasteiger partial charge in [-0.2, -0.15) is 0 Å². The Kier molecular flexibility index (Phi) is 3.27. The second kappa shape index (κ2) is 5.45. The first-order chi connectivity index (χ1) is 11.7. The molecule has 0 radical (unpaired) electrons. The van der Waals surface area contributed by atoms with Gasteiger partial charge in [0, 0.05) is 34.0 Å². The Balaban J connectivity index is 2.01. The van der Waals surface area contributed by atoms with Crippen LogP contribution in [-0.2, 0) is 0 Å². The van der Waals surface area contributed by atoms with Gasteiger partial charge in [0.1, 0.15) is 22.7 Å². The molecule has 0 saturated heterocycles. The molecule has 5 heteroatoms.